The second-order valence-corrected chi connectivity index (χ2v) is 7.30. The highest BCUT2D eigenvalue weighted by Gasteiger charge is 1.96. The monoisotopic (exact) mass is 326 g/mol. The Morgan fingerprint density at radius 1 is 0.304 bits per heavy atom. The van der Waals surface area contributed by atoms with Crippen LogP contribution in [-0.2, 0) is 0 Å². The maximum absolute atomic E-state index is 2.23. The van der Waals surface area contributed by atoms with Crippen LogP contribution in [0.5, 0.6) is 0 Å². The van der Waals surface area contributed by atoms with E-state index in [1.165, 1.54) is 122 Å². The summed E-state index contributed by atoms with van der Waals surface area (Å²) in [6.07, 6.45) is 27.6. The molecule has 2 rings (SSSR count). The molecule has 0 aromatic rings. The van der Waals surface area contributed by atoms with Crippen LogP contribution in [0.15, 0.2) is 0 Å². The molecule has 0 spiro atoms. The zero-order valence-electron chi connectivity index (χ0n) is 17.4. The molecule has 0 amide bonds. The molecule has 0 radical (unpaired) electrons. The Hall–Kier alpha value is 0. The van der Waals surface area contributed by atoms with Gasteiger partial charge >= 0.3 is 0 Å². The third-order valence-electron chi connectivity index (χ3n) is 4.66. The molecule has 0 N–H and O–H groups in total. The Kier molecular flexibility index (Phi) is 29.5. The van der Waals surface area contributed by atoms with Gasteiger partial charge in [0.15, 0.2) is 0 Å². The Balaban J connectivity index is 0. The summed E-state index contributed by atoms with van der Waals surface area (Å²) in [7, 11) is 0. The Morgan fingerprint density at radius 2 is 0.435 bits per heavy atom. The summed E-state index contributed by atoms with van der Waals surface area (Å²) in [6, 6.07) is 0. The van der Waals surface area contributed by atoms with Gasteiger partial charge in [-0.2, -0.15) is 0 Å². The van der Waals surface area contributed by atoms with Gasteiger partial charge in [0.1, 0.15) is 0 Å². The fourth-order valence-electron chi connectivity index (χ4n) is 2.94. The van der Waals surface area contributed by atoms with E-state index in [1.54, 1.807) is 0 Å². The molecule has 2 fully saturated rings. The van der Waals surface area contributed by atoms with E-state index in [0.29, 0.717) is 0 Å². The van der Waals surface area contributed by atoms with Crippen LogP contribution in [0.25, 0.3) is 0 Å². The standard InChI is InChI=1S/C6H12.2C6H14.C5H10/c1-2-4-6-5-3-1;2*1-3-5-6-4-2;1-2-4-5-3-1/h1-6H2;2*3-6H2,1-2H3;1-5H2. The van der Waals surface area contributed by atoms with Crippen LogP contribution in [0, 0.1) is 0 Å². The molecule has 0 unspecified atom stereocenters. The van der Waals surface area contributed by atoms with E-state index < -0.39 is 0 Å². The first-order valence-electron chi connectivity index (χ1n) is 11.3. The summed E-state index contributed by atoms with van der Waals surface area (Å²) >= 11 is 0. The van der Waals surface area contributed by atoms with Gasteiger partial charge in [-0.15, -0.1) is 0 Å². The normalized spacial score (nSPS) is 16.2. The van der Waals surface area contributed by atoms with Crippen LogP contribution in [0.3, 0.4) is 0 Å². The average Bonchev–Trinajstić information content (AvgIpc) is 3.21. The highest BCUT2D eigenvalue weighted by molar-refractivity contribution is 4.51. The second-order valence-electron chi connectivity index (χ2n) is 7.30. The molecule has 0 bridgehead atoms. The molecule has 2 aliphatic carbocycles. The molecule has 2 aliphatic rings. The summed E-state index contributed by atoms with van der Waals surface area (Å²) in [5, 5.41) is 0. The summed E-state index contributed by atoms with van der Waals surface area (Å²) < 4.78 is 0. The van der Waals surface area contributed by atoms with Crippen LogP contribution < -0.4 is 0 Å². The van der Waals surface area contributed by atoms with Gasteiger partial charge in [0.05, 0.1) is 0 Å². The molecule has 0 saturated heterocycles. The van der Waals surface area contributed by atoms with Crippen LogP contribution in [0.4, 0.5) is 0 Å². The lowest BCUT2D eigenvalue weighted by molar-refractivity contribution is 0.504. The van der Waals surface area contributed by atoms with Crippen molar-refractivity contribution in [1.29, 1.82) is 0 Å². The Labute approximate surface area is 150 Å². The van der Waals surface area contributed by atoms with Crippen LogP contribution in [-0.4, -0.2) is 0 Å². The first-order chi connectivity index (χ1) is 11.3. The molecule has 0 aliphatic heterocycles. The molecule has 23 heavy (non-hydrogen) atoms. The maximum Gasteiger partial charge on any atom is -0.0533 e. The highest BCUT2D eigenvalue weighted by Crippen LogP contribution is 2.15. The van der Waals surface area contributed by atoms with E-state index >= 15 is 0 Å². The highest BCUT2D eigenvalue weighted by atomic mass is 14.0. The van der Waals surface area contributed by atoms with Gasteiger partial charge in [-0.05, 0) is 0 Å². The molecule has 0 aromatic carbocycles. The fraction of sp³-hybridized carbons (Fsp3) is 1.00. The quantitative estimate of drug-likeness (QED) is 0.426. The van der Waals surface area contributed by atoms with Crippen LogP contribution >= 0.6 is 0 Å². The predicted octanol–water partition coefficient (Wildman–Crippen LogP) is 9.46. The van der Waals surface area contributed by atoms with Crippen molar-refractivity contribution in [2.75, 3.05) is 0 Å². The number of rotatable bonds is 6. The first-order valence-corrected chi connectivity index (χ1v) is 11.3. The van der Waals surface area contributed by atoms with E-state index in [1.807, 2.05) is 0 Å². The lowest BCUT2D eigenvalue weighted by Gasteiger charge is -2.05. The fourth-order valence-corrected chi connectivity index (χ4v) is 2.94. The Morgan fingerprint density at radius 3 is 0.522 bits per heavy atom. The van der Waals surface area contributed by atoms with Gasteiger partial charge in [-0.25, -0.2) is 0 Å². The third-order valence-corrected chi connectivity index (χ3v) is 4.66. The molecule has 0 heterocycles. The number of hydrogen-bond donors (Lipinski definition) is 0. The van der Waals surface area contributed by atoms with E-state index in [2.05, 4.69) is 27.7 Å². The van der Waals surface area contributed by atoms with E-state index in [4.69, 9.17) is 0 Å². The van der Waals surface area contributed by atoms with E-state index in [0.717, 1.165) is 0 Å². The number of unbranched alkanes of at least 4 members (excludes halogenated alkanes) is 6. The SMILES string of the molecule is C1CCCC1.C1CCCCC1.CCCCCC.CCCCCC. The topological polar surface area (TPSA) is 0 Å². The zero-order valence-corrected chi connectivity index (χ0v) is 17.4. The van der Waals surface area contributed by atoms with Crippen molar-refractivity contribution in [3.05, 3.63) is 0 Å². The van der Waals surface area contributed by atoms with Crippen LogP contribution in [0.1, 0.15) is 150 Å². The van der Waals surface area contributed by atoms with Crippen molar-refractivity contribution in [2.24, 2.45) is 0 Å². The van der Waals surface area contributed by atoms with Gasteiger partial charge in [0, 0.05) is 0 Å². The van der Waals surface area contributed by atoms with Gasteiger partial charge < -0.3 is 0 Å². The van der Waals surface area contributed by atoms with Gasteiger partial charge in [0.2, 0.25) is 0 Å². The lowest BCUT2D eigenvalue weighted by atomic mass is 10.0. The second kappa shape index (κ2) is 26.9. The summed E-state index contributed by atoms with van der Waals surface area (Å²) in [5.74, 6) is 0. The summed E-state index contributed by atoms with van der Waals surface area (Å²) in [5.41, 5.74) is 0. The average molecular weight is 327 g/mol. The minimum Gasteiger partial charge on any atom is -0.0654 e. The smallest absolute Gasteiger partial charge is 0.0533 e. The van der Waals surface area contributed by atoms with Crippen molar-refractivity contribution in [3.63, 3.8) is 0 Å². The molecule has 142 valence electrons. The molecule has 0 heteroatoms. The van der Waals surface area contributed by atoms with E-state index in [9.17, 15) is 0 Å². The van der Waals surface area contributed by atoms with Crippen molar-refractivity contribution in [3.8, 4) is 0 Å². The van der Waals surface area contributed by atoms with Crippen molar-refractivity contribution in [1.82, 2.24) is 0 Å². The van der Waals surface area contributed by atoms with E-state index in [-0.39, 0.29) is 0 Å². The van der Waals surface area contributed by atoms with Crippen molar-refractivity contribution < 1.29 is 0 Å². The molecule has 0 atom stereocenters. The van der Waals surface area contributed by atoms with Crippen LogP contribution in [0.2, 0.25) is 0 Å². The molecule has 0 nitrogen and oxygen atoms in total. The largest absolute Gasteiger partial charge is 0.0654 e. The Bertz CT molecular complexity index is 118. The molecule has 0 aromatic heterocycles. The van der Waals surface area contributed by atoms with Crippen molar-refractivity contribution >= 4 is 0 Å². The van der Waals surface area contributed by atoms with Gasteiger partial charge in [-0.3, -0.25) is 0 Å². The maximum atomic E-state index is 2.23. The minimum atomic E-state index is 1.36. The molecular formula is C23H50. The lowest BCUT2D eigenvalue weighted by Crippen LogP contribution is -1.85. The van der Waals surface area contributed by atoms with Crippen molar-refractivity contribution in [2.45, 2.75) is 150 Å². The third kappa shape index (κ3) is 30.4. The predicted molar refractivity (Wildman–Crippen MR) is 110 cm³/mol. The van der Waals surface area contributed by atoms with Gasteiger partial charge in [0.25, 0.3) is 0 Å². The summed E-state index contributed by atoms with van der Waals surface area (Å²) in [4.78, 5) is 0. The molecular weight excluding hydrogens is 276 g/mol. The zero-order chi connectivity index (χ0) is 17.4. The first kappa shape index (κ1) is 25.2. The van der Waals surface area contributed by atoms with Gasteiger partial charge in [-0.1, -0.05) is 150 Å². The number of hydrogen-bond acceptors (Lipinski definition) is 0. The minimum absolute atomic E-state index is 1.36. The summed E-state index contributed by atoms with van der Waals surface area (Å²) in [6.45, 7) is 8.93. The molecule has 2 saturated carbocycles.